The van der Waals surface area contributed by atoms with E-state index in [0.29, 0.717) is 0 Å². The molecule has 0 bridgehead atoms. The van der Waals surface area contributed by atoms with Gasteiger partial charge in [-0.3, -0.25) is 19.3 Å². The van der Waals surface area contributed by atoms with E-state index in [2.05, 4.69) is 0 Å². The Morgan fingerprint density at radius 3 is 2.20 bits per heavy atom. The summed E-state index contributed by atoms with van der Waals surface area (Å²) in [4.78, 5) is 36.8. The van der Waals surface area contributed by atoms with E-state index in [1.807, 2.05) is 4.72 Å². The average Bonchev–Trinajstić information content (AvgIpc) is 2.94. The average molecular weight is 358 g/mol. The van der Waals surface area contributed by atoms with Crippen molar-refractivity contribution in [3.8, 4) is 0 Å². The van der Waals surface area contributed by atoms with E-state index in [1.54, 1.807) is 18.2 Å². The van der Waals surface area contributed by atoms with Crippen molar-refractivity contribution in [3.63, 3.8) is 0 Å². The van der Waals surface area contributed by atoms with E-state index in [1.165, 1.54) is 36.4 Å². The lowest BCUT2D eigenvalue weighted by Crippen LogP contribution is -2.31. The first-order valence-electron chi connectivity index (χ1n) is 7.46. The van der Waals surface area contributed by atoms with Gasteiger partial charge in [0.2, 0.25) is 11.8 Å². The van der Waals surface area contributed by atoms with Crippen molar-refractivity contribution in [3.05, 3.63) is 60.2 Å². The minimum atomic E-state index is -4.01. The maximum Gasteiger partial charge on any atom is 0.265 e. The van der Waals surface area contributed by atoms with Gasteiger partial charge in [-0.25, -0.2) is 13.1 Å². The number of imide groups is 1. The Labute approximate surface area is 144 Å². The number of amides is 3. The predicted octanol–water partition coefficient (Wildman–Crippen LogP) is 1.46. The van der Waals surface area contributed by atoms with Crippen molar-refractivity contribution in [2.75, 3.05) is 4.90 Å². The number of nitrogens with zero attached hydrogens (tertiary/aromatic N) is 1. The minimum absolute atomic E-state index is 0.0320. The lowest BCUT2D eigenvalue weighted by Gasteiger charge is -2.15. The molecule has 1 aliphatic heterocycles. The van der Waals surface area contributed by atoms with Crippen LogP contribution in [0, 0.1) is 0 Å². The van der Waals surface area contributed by atoms with Gasteiger partial charge in [0.15, 0.2) is 0 Å². The Kier molecular flexibility index (Phi) is 4.37. The quantitative estimate of drug-likeness (QED) is 0.834. The number of hydrogen-bond donors (Lipinski definition) is 1. The molecule has 0 aromatic heterocycles. The molecule has 3 rings (SSSR count). The zero-order valence-corrected chi connectivity index (χ0v) is 13.8. The van der Waals surface area contributed by atoms with Crippen LogP contribution in [0.1, 0.15) is 23.2 Å². The largest absolute Gasteiger partial charge is 0.274 e. The third-order valence-electron chi connectivity index (χ3n) is 3.70. The summed E-state index contributed by atoms with van der Waals surface area (Å²) in [6.45, 7) is 0. The van der Waals surface area contributed by atoms with Crippen LogP contribution in [0.25, 0.3) is 0 Å². The van der Waals surface area contributed by atoms with Gasteiger partial charge in [0, 0.05) is 18.4 Å². The van der Waals surface area contributed by atoms with E-state index in [-0.39, 0.29) is 40.8 Å². The number of hydrogen-bond acceptors (Lipinski definition) is 5. The molecule has 3 amide bonds. The summed E-state index contributed by atoms with van der Waals surface area (Å²) in [6.07, 6.45) is 0.245. The minimum Gasteiger partial charge on any atom is -0.274 e. The fraction of sp³-hybridized carbons (Fsp3) is 0.118. The fourth-order valence-electron chi connectivity index (χ4n) is 2.49. The molecule has 0 atom stereocenters. The molecule has 0 saturated carbocycles. The van der Waals surface area contributed by atoms with Gasteiger partial charge in [-0.05, 0) is 30.3 Å². The Bertz CT molecular complexity index is 938. The normalized spacial score (nSPS) is 14.6. The molecule has 1 fully saturated rings. The molecule has 128 valence electrons. The van der Waals surface area contributed by atoms with Gasteiger partial charge < -0.3 is 0 Å². The number of benzene rings is 2. The zero-order valence-electron chi connectivity index (χ0n) is 13.0. The molecule has 0 unspecified atom stereocenters. The monoisotopic (exact) mass is 358 g/mol. The molecule has 0 spiro atoms. The number of carbonyl (C=O) groups is 3. The lowest BCUT2D eigenvalue weighted by atomic mass is 10.2. The number of nitrogens with one attached hydrogen (secondary N) is 1. The SMILES string of the molecule is O=C(NS(=O)(=O)c1ccccc1)c1cccc(N2C(=O)CCC2=O)c1. The molecular weight excluding hydrogens is 344 g/mol. The first kappa shape index (κ1) is 16.8. The highest BCUT2D eigenvalue weighted by molar-refractivity contribution is 7.90. The van der Waals surface area contributed by atoms with Crippen molar-refractivity contribution >= 4 is 33.4 Å². The first-order valence-corrected chi connectivity index (χ1v) is 8.95. The first-order chi connectivity index (χ1) is 11.9. The van der Waals surface area contributed by atoms with Gasteiger partial charge in [-0.1, -0.05) is 24.3 Å². The van der Waals surface area contributed by atoms with Gasteiger partial charge >= 0.3 is 0 Å². The van der Waals surface area contributed by atoms with E-state index >= 15 is 0 Å². The molecule has 0 radical (unpaired) electrons. The third kappa shape index (κ3) is 3.43. The van der Waals surface area contributed by atoms with E-state index in [0.717, 1.165) is 4.90 Å². The van der Waals surface area contributed by atoms with Gasteiger partial charge in [0.1, 0.15) is 0 Å². The maximum atomic E-state index is 12.3. The summed E-state index contributed by atoms with van der Waals surface area (Å²) in [5, 5.41) is 0. The topological polar surface area (TPSA) is 101 Å². The van der Waals surface area contributed by atoms with Crippen LogP contribution in [0.5, 0.6) is 0 Å². The van der Waals surface area contributed by atoms with E-state index in [4.69, 9.17) is 0 Å². The van der Waals surface area contributed by atoms with Crippen molar-refractivity contribution in [1.82, 2.24) is 4.72 Å². The molecule has 1 saturated heterocycles. The smallest absolute Gasteiger partial charge is 0.265 e. The van der Waals surface area contributed by atoms with Crippen LogP contribution >= 0.6 is 0 Å². The second-order valence-electron chi connectivity index (χ2n) is 5.42. The molecule has 0 aliphatic carbocycles. The van der Waals surface area contributed by atoms with E-state index in [9.17, 15) is 22.8 Å². The highest BCUT2D eigenvalue weighted by atomic mass is 32.2. The van der Waals surface area contributed by atoms with Crippen LogP contribution in [0.4, 0.5) is 5.69 Å². The van der Waals surface area contributed by atoms with Crippen LogP contribution < -0.4 is 9.62 Å². The van der Waals surface area contributed by atoms with Gasteiger partial charge in [-0.2, -0.15) is 0 Å². The molecule has 1 aliphatic rings. The third-order valence-corrected chi connectivity index (χ3v) is 5.05. The van der Waals surface area contributed by atoms with Gasteiger partial charge in [-0.15, -0.1) is 0 Å². The summed E-state index contributed by atoms with van der Waals surface area (Å²) in [6, 6.07) is 13.2. The molecule has 8 heteroatoms. The number of carbonyl (C=O) groups excluding carboxylic acids is 3. The molecule has 25 heavy (non-hydrogen) atoms. The second kappa shape index (κ2) is 6.48. The number of rotatable bonds is 4. The standard InChI is InChI=1S/C17H14N2O5S/c20-15-9-10-16(21)19(15)13-6-4-5-12(11-13)17(22)18-25(23,24)14-7-2-1-3-8-14/h1-8,11H,9-10H2,(H,18,22). The summed E-state index contributed by atoms with van der Waals surface area (Å²) in [7, 11) is -4.01. The Morgan fingerprint density at radius 1 is 0.920 bits per heavy atom. The molecular formula is C17H14N2O5S. The van der Waals surface area contributed by atoms with Crippen LogP contribution in [-0.4, -0.2) is 26.1 Å². The summed E-state index contributed by atoms with van der Waals surface area (Å²) in [5.41, 5.74) is 0.279. The Hall–Kier alpha value is -3.00. The molecule has 1 heterocycles. The lowest BCUT2D eigenvalue weighted by molar-refractivity contribution is -0.121. The number of anilines is 1. The highest BCUT2D eigenvalue weighted by Crippen LogP contribution is 2.23. The molecule has 2 aromatic carbocycles. The molecule has 1 N–H and O–H groups in total. The van der Waals surface area contributed by atoms with Gasteiger partial charge in [0.25, 0.3) is 15.9 Å². The molecule has 2 aromatic rings. The number of sulfonamides is 1. The van der Waals surface area contributed by atoms with Crippen molar-refractivity contribution < 1.29 is 22.8 Å². The van der Waals surface area contributed by atoms with E-state index < -0.39 is 15.9 Å². The fourth-order valence-corrected chi connectivity index (χ4v) is 3.49. The van der Waals surface area contributed by atoms with Crippen LogP contribution in [0.15, 0.2) is 59.5 Å². The zero-order chi connectivity index (χ0) is 18.0. The van der Waals surface area contributed by atoms with Gasteiger partial charge in [0.05, 0.1) is 10.6 Å². The summed E-state index contributed by atoms with van der Waals surface area (Å²) < 4.78 is 26.4. The Balaban J connectivity index is 1.85. The van der Waals surface area contributed by atoms with Crippen LogP contribution in [0.3, 0.4) is 0 Å². The predicted molar refractivity (Wildman–Crippen MR) is 89.3 cm³/mol. The molecule has 7 nitrogen and oxygen atoms in total. The van der Waals surface area contributed by atoms with Crippen molar-refractivity contribution in [1.29, 1.82) is 0 Å². The highest BCUT2D eigenvalue weighted by Gasteiger charge is 2.30. The maximum absolute atomic E-state index is 12.3. The Morgan fingerprint density at radius 2 is 1.56 bits per heavy atom. The summed E-state index contributed by atoms with van der Waals surface area (Å²) in [5.74, 6) is -1.54. The summed E-state index contributed by atoms with van der Waals surface area (Å²) >= 11 is 0. The second-order valence-corrected chi connectivity index (χ2v) is 7.10. The van der Waals surface area contributed by atoms with Crippen LogP contribution in [0.2, 0.25) is 0 Å². The van der Waals surface area contributed by atoms with Crippen LogP contribution in [-0.2, 0) is 19.6 Å². The van der Waals surface area contributed by atoms with Crippen molar-refractivity contribution in [2.45, 2.75) is 17.7 Å². The van der Waals surface area contributed by atoms with Crippen molar-refractivity contribution in [2.24, 2.45) is 0 Å².